The Kier molecular flexibility index (Phi) is 3.10. The summed E-state index contributed by atoms with van der Waals surface area (Å²) in [6, 6.07) is 0.731. The molecule has 1 rings (SSSR count). The van der Waals surface area contributed by atoms with E-state index in [1.165, 1.54) is 0 Å². The van der Waals surface area contributed by atoms with Gasteiger partial charge in [0.1, 0.15) is 11.4 Å². The monoisotopic (exact) mass is 268 g/mol. The number of primary amides is 1. The van der Waals surface area contributed by atoms with Crippen LogP contribution in [0.15, 0.2) is 10.5 Å². The first-order valence-corrected chi connectivity index (χ1v) is 4.16. The summed E-state index contributed by atoms with van der Waals surface area (Å²) < 4.78 is 37.0. The van der Waals surface area contributed by atoms with E-state index in [-0.39, 0.29) is 4.47 Å². The maximum atomic E-state index is 12.8. The van der Waals surface area contributed by atoms with Gasteiger partial charge in [0.2, 0.25) is 0 Å². The smallest absolute Gasteiger partial charge is 0.283 e. The van der Waals surface area contributed by atoms with Crippen molar-refractivity contribution in [3.05, 3.63) is 27.7 Å². The van der Waals surface area contributed by atoms with Crippen molar-refractivity contribution < 1.29 is 18.0 Å². The van der Waals surface area contributed by atoms with Crippen molar-refractivity contribution in [2.24, 2.45) is 5.73 Å². The molecule has 76 valence electrons. The van der Waals surface area contributed by atoms with E-state index in [4.69, 9.17) is 5.73 Å². The molecule has 0 bridgehead atoms. The zero-order valence-electron chi connectivity index (χ0n) is 6.60. The van der Waals surface area contributed by atoms with Gasteiger partial charge in [0.15, 0.2) is 5.82 Å². The van der Waals surface area contributed by atoms with E-state index in [0.29, 0.717) is 0 Å². The zero-order chi connectivity index (χ0) is 10.9. The number of carbonyl (C=O) groups excluding carboxylic acids is 1. The quantitative estimate of drug-likeness (QED) is 0.892. The van der Waals surface area contributed by atoms with Crippen LogP contribution in [0.2, 0.25) is 0 Å². The van der Waals surface area contributed by atoms with Crippen molar-refractivity contribution in [1.29, 1.82) is 0 Å². The van der Waals surface area contributed by atoms with Crippen LogP contribution in [0.5, 0.6) is 0 Å². The van der Waals surface area contributed by atoms with Crippen LogP contribution in [0.25, 0.3) is 0 Å². The number of aromatic nitrogens is 1. The molecular weight excluding hydrogens is 265 g/mol. The Labute approximate surface area is 85.2 Å². The Morgan fingerprint density at radius 1 is 1.57 bits per heavy atom. The number of nitrogens with two attached hydrogens (primary N) is 1. The zero-order valence-corrected chi connectivity index (χ0v) is 8.19. The van der Waals surface area contributed by atoms with E-state index in [2.05, 4.69) is 20.9 Å². The van der Waals surface area contributed by atoms with Gasteiger partial charge in [0, 0.05) is 0 Å². The predicted octanol–water partition coefficient (Wildman–Crippen LogP) is 2.02. The van der Waals surface area contributed by atoms with Gasteiger partial charge in [-0.15, -0.1) is 0 Å². The van der Waals surface area contributed by atoms with E-state index in [9.17, 15) is 18.0 Å². The van der Waals surface area contributed by atoms with Gasteiger partial charge < -0.3 is 5.73 Å². The summed E-state index contributed by atoms with van der Waals surface area (Å²) in [7, 11) is 0. The van der Waals surface area contributed by atoms with Crippen LogP contribution in [-0.4, -0.2) is 10.9 Å². The van der Waals surface area contributed by atoms with Crippen molar-refractivity contribution in [2.75, 3.05) is 0 Å². The van der Waals surface area contributed by atoms with Crippen LogP contribution < -0.4 is 5.73 Å². The second-order valence-corrected chi connectivity index (χ2v) is 3.21. The fraction of sp³-hybridized carbons (Fsp3) is 0.143. The van der Waals surface area contributed by atoms with Gasteiger partial charge in [0.05, 0.1) is 4.47 Å². The molecule has 0 aliphatic rings. The lowest BCUT2D eigenvalue weighted by Gasteiger charge is -2.04. The normalized spacial score (nSPS) is 10.6. The summed E-state index contributed by atoms with van der Waals surface area (Å²) in [6.45, 7) is 0. The van der Waals surface area contributed by atoms with Crippen LogP contribution in [0, 0.1) is 5.82 Å². The first kappa shape index (κ1) is 11.0. The highest BCUT2D eigenvalue weighted by Crippen LogP contribution is 2.24. The Balaban J connectivity index is 3.34. The van der Waals surface area contributed by atoms with Gasteiger partial charge in [-0.3, -0.25) is 4.79 Å². The highest BCUT2D eigenvalue weighted by Gasteiger charge is 2.20. The second-order valence-electron chi connectivity index (χ2n) is 2.35. The molecule has 1 amide bonds. The second kappa shape index (κ2) is 3.95. The Bertz CT molecular complexity index is 383. The number of alkyl halides is 2. The Morgan fingerprint density at radius 2 is 2.14 bits per heavy atom. The van der Waals surface area contributed by atoms with Gasteiger partial charge in [-0.1, -0.05) is 0 Å². The molecule has 1 aromatic rings. The number of rotatable bonds is 2. The van der Waals surface area contributed by atoms with Gasteiger partial charge in [-0.25, -0.2) is 18.2 Å². The van der Waals surface area contributed by atoms with E-state index in [1.54, 1.807) is 0 Å². The van der Waals surface area contributed by atoms with E-state index in [0.717, 1.165) is 6.07 Å². The highest BCUT2D eigenvalue weighted by molar-refractivity contribution is 9.10. The average Bonchev–Trinajstić information content (AvgIpc) is 2.02. The lowest BCUT2D eigenvalue weighted by atomic mass is 10.3. The third kappa shape index (κ3) is 2.03. The number of hydrogen-bond acceptors (Lipinski definition) is 2. The summed E-state index contributed by atoms with van der Waals surface area (Å²) in [4.78, 5) is 13.8. The summed E-state index contributed by atoms with van der Waals surface area (Å²) in [6.07, 6.45) is -3.08. The molecule has 2 N–H and O–H groups in total. The molecule has 0 saturated carbocycles. The SMILES string of the molecule is NC(=O)c1nc(C(F)F)c(F)cc1Br. The minimum atomic E-state index is -3.08. The molecule has 0 saturated heterocycles. The fourth-order valence-electron chi connectivity index (χ4n) is 0.807. The number of hydrogen-bond donors (Lipinski definition) is 1. The number of carbonyl (C=O) groups is 1. The molecule has 1 aromatic heterocycles. The third-order valence-corrected chi connectivity index (χ3v) is 2.00. The van der Waals surface area contributed by atoms with Crippen LogP contribution >= 0.6 is 15.9 Å². The number of amides is 1. The van der Waals surface area contributed by atoms with Gasteiger partial charge >= 0.3 is 0 Å². The highest BCUT2D eigenvalue weighted by atomic mass is 79.9. The molecule has 7 heteroatoms. The molecule has 0 aliphatic carbocycles. The first-order chi connectivity index (χ1) is 6.43. The van der Waals surface area contributed by atoms with Crippen molar-refractivity contribution in [1.82, 2.24) is 4.98 Å². The summed E-state index contributed by atoms with van der Waals surface area (Å²) in [5.41, 5.74) is 3.34. The van der Waals surface area contributed by atoms with Crippen LogP contribution in [0.3, 0.4) is 0 Å². The van der Waals surface area contributed by atoms with Crippen molar-refractivity contribution in [2.45, 2.75) is 6.43 Å². The van der Waals surface area contributed by atoms with E-state index >= 15 is 0 Å². The van der Waals surface area contributed by atoms with Gasteiger partial charge in [-0.05, 0) is 22.0 Å². The minimum absolute atomic E-state index is 0.0492. The van der Waals surface area contributed by atoms with Crippen molar-refractivity contribution in [3.8, 4) is 0 Å². The molecule has 0 fully saturated rings. The molecular formula is C7H4BrF3N2O. The van der Waals surface area contributed by atoms with Crippen LogP contribution in [0.4, 0.5) is 13.2 Å². The van der Waals surface area contributed by atoms with Gasteiger partial charge in [-0.2, -0.15) is 0 Å². The molecule has 3 nitrogen and oxygen atoms in total. The summed E-state index contributed by atoms with van der Waals surface area (Å²) in [5.74, 6) is -2.18. The fourth-order valence-corrected chi connectivity index (χ4v) is 1.29. The first-order valence-electron chi connectivity index (χ1n) is 3.37. The largest absolute Gasteiger partial charge is 0.364 e. The summed E-state index contributed by atoms with van der Waals surface area (Å²) in [5, 5.41) is 0. The Morgan fingerprint density at radius 3 is 2.57 bits per heavy atom. The molecule has 0 radical (unpaired) electrons. The average molecular weight is 269 g/mol. The maximum absolute atomic E-state index is 12.8. The molecule has 0 aliphatic heterocycles. The predicted molar refractivity (Wildman–Crippen MR) is 45.4 cm³/mol. The number of nitrogens with zero attached hydrogens (tertiary/aromatic N) is 1. The van der Waals surface area contributed by atoms with Crippen molar-refractivity contribution in [3.63, 3.8) is 0 Å². The van der Waals surface area contributed by atoms with Crippen LogP contribution in [0.1, 0.15) is 22.6 Å². The third-order valence-electron chi connectivity index (χ3n) is 1.40. The summed E-state index contributed by atoms with van der Waals surface area (Å²) >= 11 is 2.78. The van der Waals surface area contributed by atoms with E-state index < -0.39 is 29.5 Å². The molecule has 0 spiro atoms. The standard InChI is InChI=1S/C7H4BrF3N2O/c8-2-1-3(9)5(6(10)11)13-4(2)7(12)14/h1,6H,(H2,12,14). The van der Waals surface area contributed by atoms with Crippen molar-refractivity contribution >= 4 is 21.8 Å². The number of halogens is 4. The minimum Gasteiger partial charge on any atom is -0.364 e. The molecule has 0 atom stereocenters. The molecule has 0 aromatic carbocycles. The molecule has 1 heterocycles. The molecule has 0 unspecified atom stereocenters. The Hall–Kier alpha value is -1.11. The van der Waals surface area contributed by atoms with Gasteiger partial charge in [0.25, 0.3) is 12.3 Å². The lowest BCUT2D eigenvalue weighted by Crippen LogP contribution is -2.15. The maximum Gasteiger partial charge on any atom is 0.283 e. The lowest BCUT2D eigenvalue weighted by molar-refractivity contribution is 0.0992. The topological polar surface area (TPSA) is 56.0 Å². The van der Waals surface area contributed by atoms with E-state index in [1.807, 2.05) is 0 Å². The molecule has 14 heavy (non-hydrogen) atoms. The van der Waals surface area contributed by atoms with Crippen LogP contribution in [-0.2, 0) is 0 Å². The number of pyridine rings is 1.